The van der Waals surface area contributed by atoms with E-state index >= 15 is 0 Å². The third-order valence-corrected chi connectivity index (χ3v) is 2.54. The van der Waals surface area contributed by atoms with Gasteiger partial charge in [-0.05, 0) is 12.1 Å². The van der Waals surface area contributed by atoms with Crippen LogP contribution in [0.4, 0.5) is 13.2 Å². The molecule has 15 heavy (non-hydrogen) atoms. The van der Waals surface area contributed by atoms with Crippen LogP contribution in [0.25, 0.3) is 0 Å². The zero-order valence-corrected chi connectivity index (χ0v) is 8.19. The minimum absolute atomic E-state index is 0.187. The van der Waals surface area contributed by atoms with Gasteiger partial charge < -0.3 is 10.5 Å². The fourth-order valence-electron chi connectivity index (χ4n) is 1.47. The molecule has 1 aromatic carbocycles. The molecule has 0 amide bonds. The van der Waals surface area contributed by atoms with Crippen molar-refractivity contribution < 1.29 is 17.9 Å². The van der Waals surface area contributed by atoms with Gasteiger partial charge in [-0.15, -0.1) is 0 Å². The van der Waals surface area contributed by atoms with Crippen molar-refractivity contribution in [2.75, 3.05) is 6.61 Å². The van der Waals surface area contributed by atoms with Gasteiger partial charge in [-0.2, -0.15) is 13.2 Å². The van der Waals surface area contributed by atoms with E-state index in [2.05, 4.69) is 0 Å². The van der Waals surface area contributed by atoms with Gasteiger partial charge in [0.1, 0.15) is 12.4 Å². The van der Waals surface area contributed by atoms with E-state index in [4.69, 9.17) is 22.1 Å². The lowest BCUT2D eigenvalue weighted by atomic mass is 10.1. The second-order valence-corrected chi connectivity index (χ2v) is 3.69. The zero-order valence-electron chi connectivity index (χ0n) is 7.44. The molecule has 0 radical (unpaired) electrons. The van der Waals surface area contributed by atoms with Crippen molar-refractivity contribution in [1.82, 2.24) is 0 Å². The number of ether oxygens (including phenoxy) is 1. The lowest BCUT2D eigenvalue weighted by molar-refractivity contribution is -0.137. The second kappa shape index (κ2) is 3.28. The van der Waals surface area contributed by atoms with E-state index in [1.54, 1.807) is 0 Å². The maximum absolute atomic E-state index is 12.5. The topological polar surface area (TPSA) is 35.2 Å². The van der Waals surface area contributed by atoms with Crippen LogP contribution in [0.1, 0.15) is 17.2 Å². The molecule has 0 bridgehead atoms. The highest BCUT2D eigenvalue weighted by molar-refractivity contribution is 6.31. The van der Waals surface area contributed by atoms with Gasteiger partial charge in [-0.25, -0.2) is 0 Å². The summed E-state index contributed by atoms with van der Waals surface area (Å²) in [5.74, 6) is 0.334. The maximum atomic E-state index is 12.5. The van der Waals surface area contributed by atoms with Crippen molar-refractivity contribution in [3.63, 3.8) is 0 Å². The van der Waals surface area contributed by atoms with Crippen LogP contribution in [0.2, 0.25) is 5.02 Å². The Bertz CT molecular complexity index is 405. The van der Waals surface area contributed by atoms with Crippen molar-refractivity contribution in [2.45, 2.75) is 12.2 Å². The predicted molar refractivity (Wildman–Crippen MR) is 48.9 cm³/mol. The van der Waals surface area contributed by atoms with Gasteiger partial charge in [-0.1, -0.05) is 11.6 Å². The van der Waals surface area contributed by atoms with E-state index in [1.165, 1.54) is 0 Å². The molecule has 2 N–H and O–H groups in total. The first-order valence-corrected chi connectivity index (χ1v) is 4.56. The molecule has 0 saturated heterocycles. The van der Waals surface area contributed by atoms with Crippen LogP contribution in [-0.2, 0) is 6.18 Å². The maximum Gasteiger partial charge on any atom is 0.417 e. The van der Waals surface area contributed by atoms with Crippen LogP contribution in [0.3, 0.4) is 0 Å². The van der Waals surface area contributed by atoms with E-state index < -0.39 is 17.8 Å². The molecule has 2 nitrogen and oxygen atoms in total. The largest absolute Gasteiger partial charge is 0.491 e. The Morgan fingerprint density at radius 2 is 2.07 bits per heavy atom. The number of hydrogen-bond donors (Lipinski definition) is 1. The number of rotatable bonds is 0. The summed E-state index contributed by atoms with van der Waals surface area (Å²) in [4.78, 5) is 0. The standard InChI is InChI=1S/C9H7ClF3NO/c10-6-2-8-4(7(14)3-15-8)1-5(6)9(11,12)13/h1-2,7H,3,14H2/t7-/m1/s1. The first kappa shape index (κ1) is 10.6. The molecule has 0 unspecified atom stereocenters. The normalized spacial score (nSPS) is 19.9. The van der Waals surface area contributed by atoms with E-state index in [9.17, 15) is 13.2 Å². The average Bonchev–Trinajstić information content (AvgIpc) is 2.44. The number of halogens is 4. The third kappa shape index (κ3) is 1.77. The van der Waals surface area contributed by atoms with Crippen molar-refractivity contribution in [3.05, 3.63) is 28.3 Å². The van der Waals surface area contributed by atoms with Gasteiger partial charge in [0.25, 0.3) is 0 Å². The Hall–Kier alpha value is -0.940. The van der Waals surface area contributed by atoms with Crippen molar-refractivity contribution in [2.24, 2.45) is 5.73 Å². The summed E-state index contributed by atoms with van der Waals surface area (Å²) in [6.07, 6.45) is -4.46. The van der Waals surface area contributed by atoms with Gasteiger partial charge in [0, 0.05) is 5.56 Å². The molecule has 0 spiro atoms. The molecule has 0 aromatic heterocycles. The fourth-order valence-corrected chi connectivity index (χ4v) is 1.73. The van der Waals surface area contributed by atoms with Crippen LogP contribution >= 0.6 is 11.6 Å². The molecule has 0 saturated carbocycles. The highest BCUT2D eigenvalue weighted by atomic mass is 35.5. The highest BCUT2D eigenvalue weighted by Gasteiger charge is 2.36. The summed E-state index contributed by atoms with van der Waals surface area (Å²) in [6, 6.07) is 1.60. The van der Waals surface area contributed by atoms with Crippen molar-refractivity contribution >= 4 is 11.6 Å². The molecule has 6 heteroatoms. The molecular weight excluding hydrogens is 231 g/mol. The summed E-state index contributed by atoms with van der Waals surface area (Å²) < 4.78 is 42.5. The summed E-state index contributed by atoms with van der Waals surface area (Å²) in [5.41, 5.74) is 5.06. The summed E-state index contributed by atoms with van der Waals surface area (Å²) in [7, 11) is 0. The molecule has 1 aromatic rings. The lowest BCUT2D eigenvalue weighted by Gasteiger charge is -2.11. The Morgan fingerprint density at radius 1 is 1.40 bits per heavy atom. The van der Waals surface area contributed by atoms with Gasteiger partial charge in [0.2, 0.25) is 0 Å². The van der Waals surface area contributed by atoms with Gasteiger partial charge >= 0.3 is 6.18 Å². The Morgan fingerprint density at radius 3 is 2.67 bits per heavy atom. The molecule has 0 aliphatic carbocycles. The first-order valence-electron chi connectivity index (χ1n) is 4.18. The van der Waals surface area contributed by atoms with E-state index in [-0.39, 0.29) is 11.6 Å². The zero-order chi connectivity index (χ0) is 11.2. The van der Waals surface area contributed by atoms with Crippen molar-refractivity contribution in [1.29, 1.82) is 0 Å². The van der Waals surface area contributed by atoms with Gasteiger partial charge in [0.05, 0.1) is 16.6 Å². The third-order valence-electron chi connectivity index (χ3n) is 2.22. The average molecular weight is 238 g/mol. The summed E-state index contributed by atoms with van der Waals surface area (Å²) >= 11 is 5.50. The monoisotopic (exact) mass is 237 g/mol. The number of hydrogen-bond acceptors (Lipinski definition) is 2. The molecule has 1 aliphatic rings. The van der Waals surface area contributed by atoms with E-state index in [0.29, 0.717) is 11.3 Å². The predicted octanol–water partition coefficient (Wildman–Crippen LogP) is 2.75. The lowest BCUT2D eigenvalue weighted by Crippen LogP contribution is -2.12. The quantitative estimate of drug-likeness (QED) is 0.753. The molecule has 2 rings (SSSR count). The smallest absolute Gasteiger partial charge is 0.417 e. The molecule has 1 heterocycles. The van der Waals surface area contributed by atoms with Crippen molar-refractivity contribution in [3.8, 4) is 5.75 Å². The highest BCUT2D eigenvalue weighted by Crippen LogP contribution is 2.41. The van der Waals surface area contributed by atoms with Crippen LogP contribution in [0.5, 0.6) is 5.75 Å². The van der Waals surface area contributed by atoms with Crippen LogP contribution in [0.15, 0.2) is 12.1 Å². The number of benzene rings is 1. The minimum Gasteiger partial charge on any atom is -0.491 e. The van der Waals surface area contributed by atoms with Gasteiger partial charge in [-0.3, -0.25) is 0 Å². The van der Waals surface area contributed by atoms with Gasteiger partial charge in [0.15, 0.2) is 0 Å². The van der Waals surface area contributed by atoms with Crippen LogP contribution in [-0.4, -0.2) is 6.61 Å². The number of fused-ring (bicyclic) bond motifs is 1. The minimum atomic E-state index is -4.46. The fraction of sp³-hybridized carbons (Fsp3) is 0.333. The summed E-state index contributed by atoms with van der Waals surface area (Å²) in [6.45, 7) is 0.187. The molecule has 82 valence electrons. The SMILES string of the molecule is N[C@@H]1COc2cc(Cl)c(C(F)(F)F)cc21. The molecule has 1 atom stereocenters. The molecular formula is C9H7ClF3NO. The van der Waals surface area contributed by atoms with Crippen LogP contribution in [0, 0.1) is 0 Å². The number of alkyl halides is 3. The van der Waals surface area contributed by atoms with E-state index in [1.807, 2.05) is 0 Å². The van der Waals surface area contributed by atoms with Crippen LogP contribution < -0.4 is 10.5 Å². The Labute approximate surface area is 88.8 Å². The molecule has 0 fully saturated rings. The number of nitrogens with two attached hydrogens (primary N) is 1. The molecule has 1 aliphatic heterocycles. The Kier molecular flexibility index (Phi) is 2.31. The second-order valence-electron chi connectivity index (χ2n) is 3.29. The Balaban J connectivity index is 2.55. The first-order chi connectivity index (χ1) is 6.89. The summed E-state index contributed by atoms with van der Waals surface area (Å²) in [5, 5.41) is -0.365. The van der Waals surface area contributed by atoms with E-state index in [0.717, 1.165) is 12.1 Å².